The molecule has 2 bridgehead atoms. The molecule has 1 saturated carbocycles. The highest BCUT2D eigenvalue weighted by Gasteiger charge is 2.70. The van der Waals surface area contributed by atoms with E-state index in [1.165, 1.54) is 5.57 Å². The summed E-state index contributed by atoms with van der Waals surface area (Å²) in [6.07, 6.45) is 5.18. The van der Waals surface area contributed by atoms with Gasteiger partial charge in [-0.15, -0.1) is 0 Å². The zero-order chi connectivity index (χ0) is 23.7. The Bertz CT molecular complexity index is 835. The number of allylic oxidation sites excluding steroid dienone is 4. The molecule has 172 valence electrons. The van der Waals surface area contributed by atoms with Crippen LogP contribution in [0.4, 0.5) is 0 Å². The molecule has 4 nitrogen and oxygen atoms in total. The Morgan fingerprint density at radius 1 is 1.10 bits per heavy atom. The molecule has 3 aliphatic rings. The molecule has 0 aromatic rings. The predicted molar refractivity (Wildman–Crippen MR) is 126 cm³/mol. The second-order valence-corrected chi connectivity index (χ2v) is 12.0. The molecule has 5 heteroatoms. The smallest absolute Gasteiger partial charge is 0.403 e. The number of hydrogen-bond acceptors (Lipinski definition) is 4. The van der Waals surface area contributed by atoms with Gasteiger partial charge in [0.25, 0.3) is 0 Å². The van der Waals surface area contributed by atoms with Crippen LogP contribution in [0.3, 0.4) is 0 Å². The van der Waals surface area contributed by atoms with Gasteiger partial charge in [0.05, 0.1) is 11.2 Å². The first kappa shape index (κ1) is 24.4. The van der Waals surface area contributed by atoms with Crippen LogP contribution in [-0.4, -0.2) is 29.9 Å². The summed E-state index contributed by atoms with van der Waals surface area (Å²) in [7, 11) is -0.603. The molecule has 0 unspecified atom stereocenters. The topological polar surface area (TPSA) is 52.6 Å². The van der Waals surface area contributed by atoms with E-state index in [4.69, 9.17) is 9.31 Å². The lowest BCUT2D eigenvalue weighted by molar-refractivity contribution is -0.155. The van der Waals surface area contributed by atoms with Crippen molar-refractivity contribution < 1.29 is 18.9 Å². The number of hydrogen-bond donors (Lipinski definition) is 0. The van der Waals surface area contributed by atoms with E-state index in [9.17, 15) is 9.59 Å². The van der Waals surface area contributed by atoms with Gasteiger partial charge in [-0.25, -0.2) is 0 Å². The van der Waals surface area contributed by atoms with Gasteiger partial charge < -0.3 is 9.31 Å². The third-order valence-electron chi connectivity index (χ3n) is 8.62. The van der Waals surface area contributed by atoms with Gasteiger partial charge in [0.2, 0.25) is 0 Å². The van der Waals surface area contributed by atoms with E-state index < -0.39 is 29.2 Å². The van der Waals surface area contributed by atoms with Crippen LogP contribution in [0, 0.1) is 28.6 Å². The van der Waals surface area contributed by atoms with Crippen LogP contribution >= 0.6 is 0 Å². The molecule has 0 spiro atoms. The summed E-state index contributed by atoms with van der Waals surface area (Å²) >= 11 is 0. The zero-order valence-corrected chi connectivity index (χ0v) is 21.4. The van der Waals surface area contributed by atoms with Crippen LogP contribution in [0.1, 0.15) is 82.6 Å². The molecule has 31 heavy (non-hydrogen) atoms. The minimum Gasteiger partial charge on any atom is -0.403 e. The van der Waals surface area contributed by atoms with Gasteiger partial charge in [-0.1, -0.05) is 51.0 Å². The van der Waals surface area contributed by atoms with Crippen molar-refractivity contribution in [2.75, 3.05) is 0 Å². The van der Waals surface area contributed by atoms with Crippen molar-refractivity contribution >= 4 is 18.7 Å². The number of carbonyl (C=O) groups is 2. The Morgan fingerprint density at radius 3 is 2.10 bits per heavy atom. The van der Waals surface area contributed by atoms with Crippen molar-refractivity contribution in [2.45, 2.75) is 99.6 Å². The highest BCUT2D eigenvalue weighted by atomic mass is 16.7. The highest BCUT2D eigenvalue weighted by Crippen LogP contribution is 2.63. The molecule has 0 aromatic heterocycles. The van der Waals surface area contributed by atoms with E-state index in [-0.39, 0.29) is 29.2 Å². The number of fused-ring (bicyclic) bond motifs is 2. The maximum Gasteiger partial charge on any atom is 0.462 e. The fourth-order valence-corrected chi connectivity index (χ4v) is 6.38. The standard InChI is InChI=1S/C26H41BO4/c1-15(2)12-13-16(3)19-17(4)14-25(10)21(28)18(5)20(26(19,11)22(25)29)27-30-23(6,7)24(8,9)31-27/h13-15,18-20H,12H2,1-11H3/b16-13+/t18-,19+,20+,25-,26+/m1/s1. The van der Waals surface area contributed by atoms with Crippen molar-refractivity contribution in [1.29, 1.82) is 0 Å². The quantitative estimate of drug-likeness (QED) is 0.322. The van der Waals surface area contributed by atoms with E-state index >= 15 is 0 Å². The monoisotopic (exact) mass is 428 g/mol. The van der Waals surface area contributed by atoms with Gasteiger partial charge in [0.15, 0.2) is 11.6 Å². The highest BCUT2D eigenvalue weighted by molar-refractivity contribution is 6.50. The molecule has 2 aliphatic carbocycles. The lowest BCUT2D eigenvalue weighted by Gasteiger charge is -2.56. The summed E-state index contributed by atoms with van der Waals surface area (Å²) in [6.45, 7) is 22.5. The SMILES string of the molecule is CC1=C[C@]2(C)C(=O)[C@H](C)[C@H](B3OC(C)(C)C(C)(C)O3)[C@@](C)(C2=O)[C@H]1/C(C)=C/CC(C)C. The van der Waals surface area contributed by atoms with E-state index in [0.29, 0.717) is 5.92 Å². The third-order valence-corrected chi connectivity index (χ3v) is 8.62. The Morgan fingerprint density at radius 2 is 1.61 bits per heavy atom. The van der Waals surface area contributed by atoms with Crippen molar-refractivity contribution in [2.24, 2.45) is 28.6 Å². The molecular weight excluding hydrogens is 387 g/mol. The van der Waals surface area contributed by atoms with Crippen LogP contribution < -0.4 is 0 Å². The first-order valence-corrected chi connectivity index (χ1v) is 11.8. The van der Waals surface area contributed by atoms with Crippen LogP contribution in [0.2, 0.25) is 5.82 Å². The minimum absolute atomic E-state index is 0.00992. The van der Waals surface area contributed by atoms with Crippen LogP contribution in [-0.2, 0) is 18.9 Å². The van der Waals surface area contributed by atoms with Gasteiger partial charge in [0, 0.05) is 23.1 Å². The van der Waals surface area contributed by atoms with Crippen LogP contribution in [0.25, 0.3) is 0 Å². The van der Waals surface area contributed by atoms with Crippen molar-refractivity contribution in [3.63, 3.8) is 0 Å². The summed E-state index contributed by atoms with van der Waals surface area (Å²) in [5.41, 5.74) is -0.587. The number of carbonyl (C=O) groups excluding carboxylic acids is 2. The lowest BCUT2D eigenvalue weighted by atomic mass is 9.38. The molecule has 3 rings (SSSR count). The lowest BCUT2D eigenvalue weighted by Crippen LogP contribution is -2.64. The van der Waals surface area contributed by atoms with E-state index in [2.05, 4.69) is 40.7 Å². The van der Waals surface area contributed by atoms with Crippen LogP contribution in [0.5, 0.6) is 0 Å². The zero-order valence-electron chi connectivity index (χ0n) is 21.4. The Labute approximate surface area is 189 Å². The van der Waals surface area contributed by atoms with E-state index in [1.807, 2.05) is 40.7 Å². The fourth-order valence-electron chi connectivity index (χ4n) is 6.38. The van der Waals surface area contributed by atoms with Gasteiger partial charge in [0.1, 0.15) is 5.41 Å². The van der Waals surface area contributed by atoms with Gasteiger partial charge in [-0.3, -0.25) is 9.59 Å². The molecular formula is C26H41BO4. The Hall–Kier alpha value is -1.20. The average molecular weight is 428 g/mol. The van der Waals surface area contributed by atoms with E-state index in [0.717, 1.165) is 12.0 Å². The predicted octanol–water partition coefficient (Wildman–Crippen LogP) is 5.82. The minimum atomic E-state index is -1.08. The largest absolute Gasteiger partial charge is 0.462 e. The Kier molecular flexibility index (Phi) is 5.85. The van der Waals surface area contributed by atoms with Crippen molar-refractivity contribution in [3.8, 4) is 0 Å². The molecule has 0 amide bonds. The molecule has 1 aliphatic heterocycles. The number of rotatable bonds is 4. The van der Waals surface area contributed by atoms with Gasteiger partial charge in [-0.2, -0.15) is 0 Å². The second kappa shape index (κ2) is 7.41. The molecule has 0 aromatic carbocycles. The fraction of sp³-hybridized carbons (Fsp3) is 0.769. The Balaban J connectivity index is 2.19. The van der Waals surface area contributed by atoms with Gasteiger partial charge >= 0.3 is 7.12 Å². The van der Waals surface area contributed by atoms with Gasteiger partial charge in [-0.05, 0) is 60.8 Å². The summed E-state index contributed by atoms with van der Waals surface area (Å²) in [6, 6.07) is 0. The van der Waals surface area contributed by atoms with Crippen molar-refractivity contribution in [1.82, 2.24) is 0 Å². The van der Waals surface area contributed by atoms with Crippen molar-refractivity contribution in [3.05, 3.63) is 23.3 Å². The molecule has 1 heterocycles. The molecule has 2 fully saturated rings. The summed E-state index contributed by atoms with van der Waals surface area (Å²) < 4.78 is 12.9. The van der Waals surface area contributed by atoms with Crippen LogP contribution in [0.15, 0.2) is 23.3 Å². The average Bonchev–Trinajstić information content (AvgIpc) is 2.83. The number of Topliss-reactive ketones (excluding diaryl/α,β-unsaturated/α-hetero) is 2. The maximum atomic E-state index is 14.1. The first-order valence-electron chi connectivity index (χ1n) is 11.8. The number of ketones is 2. The summed E-state index contributed by atoms with van der Waals surface area (Å²) in [5.74, 6) is -0.217. The summed E-state index contributed by atoms with van der Waals surface area (Å²) in [5, 5.41) is 0. The second-order valence-electron chi connectivity index (χ2n) is 12.0. The molecule has 0 N–H and O–H groups in total. The normalized spacial score (nSPS) is 39.9. The molecule has 1 saturated heterocycles. The maximum absolute atomic E-state index is 14.1. The first-order chi connectivity index (χ1) is 14.0. The molecule has 5 atom stereocenters. The van der Waals surface area contributed by atoms with E-state index in [1.54, 1.807) is 6.92 Å². The molecule has 0 radical (unpaired) electrons. The summed E-state index contributed by atoms with van der Waals surface area (Å²) in [4.78, 5) is 27.6. The third kappa shape index (κ3) is 3.42.